The fourth-order valence-corrected chi connectivity index (χ4v) is 1.34. The number of nitrogens with one attached hydrogen (secondary N) is 1. The Bertz CT molecular complexity index is 518. The van der Waals surface area contributed by atoms with Crippen molar-refractivity contribution in [1.82, 2.24) is 5.32 Å². The van der Waals surface area contributed by atoms with Crippen LogP contribution in [0, 0.1) is 15.9 Å². The number of halogens is 1. The highest BCUT2D eigenvalue weighted by Gasteiger charge is 2.16. The van der Waals surface area contributed by atoms with Gasteiger partial charge >= 0.3 is 11.7 Å². The smallest absolute Gasteiger partial charge is 0.304 e. The predicted octanol–water partition coefficient (Wildman–Crippen LogP) is 1.33. The van der Waals surface area contributed by atoms with Crippen LogP contribution >= 0.6 is 0 Å². The van der Waals surface area contributed by atoms with E-state index in [9.17, 15) is 24.1 Å². The molecule has 0 aliphatic carbocycles. The summed E-state index contributed by atoms with van der Waals surface area (Å²) in [6, 6.07) is 2.81. The van der Waals surface area contributed by atoms with Gasteiger partial charge in [0.25, 0.3) is 5.91 Å². The Labute approximate surface area is 107 Å². The first-order valence-corrected chi connectivity index (χ1v) is 5.35. The van der Waals surface area contributed by atoms with E-state index in [0.29, 0.717) is 0 Å². The summed E-state index contributed by atoms with van der Waals surface area (Å²) in [6.07, 6.45) is 0.158. The number of nitro benzene ring substituents is 1. The number of rotatable bonds is 6. The Hall–Kier alpha value is -2.51. The fourth-order valence-electron chi connectivity index (χ4n) is 1.34. The van der Waals surface area contributed by atoms with E-state index in [0.717, 1.165) is 18.2 Å². The Morgan fingerprint density at radius 2 is 2.11 bits per heavy atom. The molecule has 1 aromatic carbocycles. The molecule has 0 atom stereocenters. The van der Waals surface area contributed by atoms with Gasteiger partial charge in [0.1, 0.15) is 0 Å². The van der Waals surface area contributed by atoms with Crippen molar-refractivity contribution in [3.8, 4) is 0 Å². The summed E-state index contributed by atoms with van der Waals surface area (Å²) >= 11 is 0. The van der Waals surface area contributed by atoms with Crippen LogP contribution in [0.15, 0.2) is 18.2 Å². The molecule has 2 N–H and O–H groups in total. The maximum atomic E-state index is 13.3. The Balaban J connectivity index is 2.60. The van der Waals surface area contributed by atoms with E-state index >= 15 is 0 Å². The normalized spacial score (nSPS) is 9.95. The minimum atomic E-state index is -1.09. The van der Waals surface area contributed by atoms with Crippen molar-refractivity contribution >= 4 is 17.6 Å². The molecule has 8 heteroatoms. The molecule has 1 aromatic rings. The minimum absolute atomic E-state index is 0.0570. The van der Waals surface area contributed by atoms with Gasteiger partial charge < -0.3 is 10.4 Å². The minimum Gasteiger partial charge on any atom is -0.481 e. The zero-order valence-corrected chi connectivity index (χ0v) is 9.76. The SMILES string of the molecule is O=C(O)CCCNC(=O)c1ccc([N+](=O)[O-])c(F)c1. The van der Waals surface area contributed by atoms with Crippen LogP contribution in [0.5, 0.6) is 0 Å². The second-order valence-corrected chi connectivity index (χ2v) is 3.68. The lowest BCUT2D eigenvalue weighted by Crippen LogP contribution is -2.25. The lowest BCUT2D eigenvalue weighted by atomic mass is 10.2. The van der Waals surface area contributed by atoms with Gasteiger partial charge in [0.05, 0.1) is 4.92 Å². The largest absolute Gasteiger partial charge is 0.481 e. The molecule has 0 bridgehead atoms. The number of nitro groups is 1. The molecule has 102 valence electrons. The summed E-state index contributed by atoms with van der Waals surface area (Å²) in [5.41, 5.74) is -0.763. The van der Waals surface area contributed by atoms with Gasteiger partial charge in [-0.1, -0.05) is 0 Å². The number of carboxylic acids is 1. The van der Waals surface area contributed by atoms with Gasteiger partial charge in [0.15, 0.2) is 0 Å². The number of nitrogens with zero attached hydrogens (tertiary/aromatic N) is 1. The molecule has 1 rings (SSSR count). The van der Waals surface area contributed by atoms with Crippen LogP contribution in [0.25, 0.3) is 0 Å². The van der Waals surface area contributed by atoms with Gasteiger partial charge in [-0.15, -0.1) is 0 Å². The predicted molar refractivity (Wildman–Crippen MR) is 62.3 cm³/mol. The Kier molecular flexibility index (Phi) is 4.92. The number of carboxylic acid groups (broad SMARTS) is 1. The molecule has 0 spiro atoms. The molecule has 0 aliphatic heterocycles. The third-order valence-corrected chi connectivity index (χ3v) is 2.26. The van der Waals surface area contributed by atoms with Gasteiger partial charge in [0, 0.05) is 24.6 Å². The first-order valence-electron chi connectivity index (χ1n) is 5.35. The summed E-state index contributed by atoms with van der Waals surface area (Å²) in [7, 11) is 0. The van der Waals surface area contributed by atoms with Crippen LogP contribution in [0.2, 0.25) is 0 Å². The highest BCUT2D eigenvalue weighted by molar-refractivity contribution is 5.94. The molecule has 7 nitrogen and oxygen atoms in total. The van der Waals surface area contributed by atoms with Crippen LogP contribution in [0.1, 0.15) is 23.2 Å². The standard InChI is InChI=1S/C11H11FN2O5/c12-8-6-7(3-4-9(8)14(18)19)11(17)13-5-1-2-10(15)16/h3-4,6H,1-2,5H2,(H,13,17)(H,15,16). The van der Waals surface area contributed by atoms with Crippen molar-refractivity contribution in [3.05, 3.63) is 39.7 Å². The second kappa shape index (κ2) is 6.43. The number of amides is 1. The Morgan fingerprint density at radius 3 is 2.63 bits per heavy atom. The molecule has 0 unspecified atom stereocenters. The average Bonchev–Trinajstić information content (AvgIpc) is 2.33. The molecule has 0 aromatic heterocycles. The zero-order chi connectivity index (χ0) is 14.4. The quantitative estimate of drug-likeness (QED) is 0.460. The molecule has 0 fully saturated rings. The Morgan fingerprint density at radius 1 is 1.42 bits per heavy atom. The van der Waals surface area contributed by atoms with Crippen molar-refractivity contribution in [2.24, 2.45) is 0 Å². The number of hydrogen-bond acceptors (Lipinski definition) is 4. The molecule has 1 amide bonds. The molecule has 0 heterocycles. The summed E-state index contributed by atoms with van der Waals surface area (Å²) in [5.74, 6) is -2.68. The van der Waals surface area contributed by atoms with Gasteiger partial charge in [-0.25, -0.2) is 0 Å². The first-order chi connectivity index (χ1) is 8.91. The van der Waals surface area contributed by atoms with Crippen molar-refractivity contribution in [2.45, 2.75) is 12.8 Å². The molecule has 0 saturated heterocycles. The van der Waals surface area contributed by atoms with Crippen molar-refractivity contribution in [3.63, 3.8) is 0 Å². The van der Waals surface area contributed by atoms with Gasteiger partial charge in [-0.05, 0) is 18.6 Å². The lowest BCUT2D eigenvalue weighted by molar-refractivity contribution is -0.387. The van der Waals surface area contributed by atoms with Crippen molar-refractivity contribution in [1.29, 1.82) is 0 Å². The number of benzene rings is 1. The van der Waals surface area contributed by atoms with E-state index in [1.54, 1.807) is 0 Å². The van der Waals surface area contributed by atoms with Crippen LogP contribution in [0.3, 0.4) is 0 Å². The number of carbonyl (C=O) groups excluding carboxylic acids is 1. The summed E-state index contributed by atoms with van der Waals surface area (Å²) in [5, 5.41) is 21.2. The third kappa shape index (κ3) is 4.34. The van der Waals surface area contributed by atoms with Crippen molar-refractivity contribution < 1.29 is 24.0 Å². The van der Waals surface area contributed by atoms with E-state index in [2.05, 4.69) is 5.32 Å². The van der Waals surface area contributed by atoms with E-state index in [1.807, 2.05) is 0 Å². The zero-order valence-electron chi connectivity index (χ0n) is 9.76. The third-order valence-electron chi connectivity index (χ3n) is 2.26. The fraction of sp³-hybridized carbons (Fsp3) is 0.273. The number of carbonyl (C=O) groups is 2. The molecule has 0 aliphatic rings. The monoisotopic (exact) mass is 270 g/mol. The highest BCUT2D eigenvalue weighted by Crippen LogP contribution is 2.17. The van der Waals surface area contributed by atoms with Gasteiger partial charge in [-0.3, -0.25) is 19.7 Å². The highest BCUT2D eigenvalue weighted by atomic mass is 19.1. The number of aliphatic carboxylic acids is 1. The lowest BCUT2D eigenvalue weighted by Gasteiger charge is -2.04. The topological polar surface area (TPSA) is 110 Å². The van der Waals surface area contributed by atoms with E-state index < -0.39 is 28.3 Å². The second-order valence-electron chi connectivity index (χ2n) is 3.68. The average molecular weight is 270 g/mol. The van der Waals surface area contributed by atoms with Gasteiger partial charge in [-0.2, -0.15) is 4.39 Å². The van der Waals surface area contributed by atoms with E-state index in [-0.39, 0.29) is 24.9 Å². The van der Waals surface area contributed by atoms with Crippen LogP contribution in [-0.4, -0.2) is 28.5 Å². The van der Waals surface area contributed by atoms with Crippen LogP contribution in [0.4, 0.5) is 10.1 Å². The van der Waals surface area contributed by atoms with Crippen molar-refractivity contribution in [2.75, 3.05) is 6.54 Å². The molecular weight excluding hydrogens is 259 g/mol. The van der Waals surface area contributed by atoms with Gasteiger partial charge in [0.2, 0.25) is 5.82 Å². The summed E-state index contributed by atoms with van der Waals surface area (Å²) < 4.78 is 13.3. The maximum absolute atomic E-state index is 13.3. The first kappa shape index (κ1) is 14.6. The van der Waals surface area contributed by atoms with E-state index in [4.69, 9.17) is 5.11 Å². The molecule has 0 radical (unpaired) electrons. The maximum Gasteiger partial charge on any atom is 0.304 e. The molecule has 19 heavy (non-hydrogen) atoms. The van der Waals surface area contributed by atoms with Crippen LogP contribution in [-0.2, 0) is 4.79 Å². The van der Waals surface area contributed by atoms with Crippen LogP contribution < -0.4 is 5.32 Å². The molecular formula is C11H11FN2O5. The number of hydrogen-bond donors (Lipinski definition) is 2. The summed E-state index contributed by atoms with van der Waals surface area (Å²) in [4.78, 5) is 31.3. The molecule has 0 saturated carbocycles. The summed E-state index contributed by atoms with van der Waals surface area (Å²) in [6.45, 7) is 0.129. The van der Waals surface area contributed by atoms with E-state index in [1.165, 1.54) is 0 Å².